The number of aryl methyl sites for hydroxylation is 1. The summed E-state index contributed by atoms with van der Waals surface area (Å²) in [5.41, 5.74) is 1.64. The maximum absolute atomic E-state index is 5.11. The Morgan fingerprint density at radius 3 is 2.79 bits per heavy atom. The number of rotatable bonds is 6. The van der Waals surface area contributed by atoms with Gasteiger partial charge in [0.05, 0.1) is 5.69 Å². The highest BCUT2D eigenvalue weighted by molar-refractivity contribution is 5.58. The van der Waals surface area contributed by atoms with Crippen molar-refractivity contribution in [2.75, 3.05) is 19.0 Å². The van der Waals surface area contributed by atoms with Gasteiger partial charge in [0, 0.05) is 33.0 Å². The molecule has 0 aliphatic rings. The Balaban J connectivity index is 2.33. The first-order valence-corrected chi connectivity index (χ1v) is 6.33. The molecule has 0 radical (unpaired) electrons. The molecule has 2 aromatic heterocycles. The number of nitrogens with one attached hydrogen (secondary N) is 1. The Kier molecular flexibility index (Phi) is 4.46. The third kappa shape index (κ3) is 3.51. The molecule has 0 spiro atoms. The number of nitrogens with zero attached hydrogens (tertiary/aromatic N) is 4. The molecule has 0 unspecified atom stereocenters. The van der Waals surface area contributed by atoms with Crippen molar-refractivity contribution in [1.82, 2.24) is 19.7 Å². The zero-order chi connectivity index (χ0) is 13.7. The van der Waals surface area contributed by atoms with Gasteiger partial charge in [0.15, 0.2) is 5.82 Å². The zero-order valence-corrected chi connectivity index (χ0v) is 11.6. The average Bonchev–Trinajstić information content (AvgIpc) is 2.83. The standard InChI is InChI=1S/C13H19N5O/c1-4-6-14-12-8-11(10-5-7-18(2)17-10)15-13(16-12)9-19-3/h5,7-8H,4,6,9H2,1-3H3,(H,14,15,16). The van der Waals surface area contributed by atoms with Crippen molar-refractivity contribution in [3.8, 4) is 11.4 Å². The molecule has 0 aromatic carbocycles. The van der Waals surface area contributed by atoms with Crippen LogP contribution in [0.4, 0.5) is 5.82 Å². The molecule has 6 nitrogen and oxygen atoms in total. The molecule has 0 amide bonds. The van der Waals surface area contributed by atoms with Crippen molar-refractivity contribution in [3.05, 3.63) is 24.2 Å². The van der Waals surface area contributed by atoms with E-state index in [1.165, 1.54) is 0 Å². The second-order valence-electron chi connectivity index (χ2n) is 4.29. The average molecular weight is 261 g/mol. The molecular weight excluding hydrogens is 242 g/mol. The molecule has 2 aromatic rings. The van der Waals surface area contributed by atoms with Crippen LogP contribution in [0.3, 0.4) is 0 Å². The molecule has 1 N–H and O–H groups in total. The number of methoxy groups -OCH3 is 1. The fourth-order valence-corrected chi connectivity index (χ4v) is 1.72. The lowest BCUT2D eigenvalue weighted by molar-refractivity contribution is 0.178. The van der Waals surface area contributed by atoms with Crippen LogP contribution in [0.5, 0.6) is 0 Å². The lowest BCUT2D eigenvalue weighted by atomic mass is 10.3. The smallest absolute Gasteiger partial charge is 0.157 e. The van der Waals surface area contributed by atoms with Crippen molar-refractivity contribution in [2.45, 2.75) is 20.0 Å². The van der Waals surface area contributed by atoms with Gasteiger partial charge < -0.3 is 10.1 Å². The van der Waals surface area contributed by atoms with Crippen LogP contribution < -0.4 is 5.32 Å². The normalized spacial score (nSPS) is 10.7. The van der Waals surface area contributed by atoms with Gasteiger partial charge in [-0.05, 0) is 12.5 Å². The van der Waals surface area contributed by atoms with Gasteiger partial charge in [-0.15, -0.1) is 0 Å². The maximum Gasteiger partial charge on any atom is 0.157 e. The summed E-state index contributed by atoms with van der Waals surface area (Å²) in [5.74, 6) is 1.47. The third-order valence-electron chi connectivity index (χ3n) is 2.58. The Labute approximate surface area is 112 Å². The van der Waals surface area contributed by atoms with Gasteiger partial charge in [0.1, 0.15) is 18.1 Å². The van der Waals surface area contributed by atoms with Crippen LogP contribution >= 0.6 is 0 Å². The van der Waals surface area contributed by atoms with Gasteiger partial charge in [-0.3, -0.25) is 4.68 Å². The summed E-state index contributed by atoms with van der Waals surface area (Å²) < 4.78 is 6.86. The van der Waals surface area contributed by atoms with Crippen LogP contribution in [-0.2, 0) is 18.4 Å². The van der Waals surface area contributed by atoms with Crippen molar-refractivity contribution in [2.24, 2.45) is 7.05 Å². The largest absolute Gasteiger partial charge is 0.377 e. The molecule has 0 atom stereocenters. The molecule has 0 aliphatic carbocycles. The monoisotopic (exact) mass is 261 g/mol. The topological polar surface area (TPSA) is 64.9 Å². The molecule has 6 heteroatoms. The van der Waals surface area contributed by atoms with E-state index in [4.69, 9.17) is 4.74 Å². The van der Waals surface area contributed by atoms with Gasteiger partial charge in [0.2, 0.25) is 0 Å². The minimum atomic E-state index is 0.390. The number of hydrogen-bond donors (Lipinski definition) is 1. The lowest BCUT2D eigenvalue weighted by Crippen LogP contribution is -2.07. The third-order valence-corrected chi connectivity index (χ3v) is 2.58. The molecule has 0 saturated heterocycles. The van der Waals surface area contributed by atoms with Gasteiger partial charge >= 0.3 is 0 Å². The number of ether oxygens (including phenoxy) is 1. The van der Waals surface area contributed by atoms with E-state index in [1.807, 2.05) is 25.4 Å². The molecule has 2 rings (SSSR count). The van der Waals surface area contributed by atoms with E-state index in [9.17, 15) is 0 Å². The predicted molar refractivity (Wildman–Crippen MR) is 73.7 cm³/mol. The molecule has 102 valence electrons. The number of anilines is 1. The van der Waals surface area contributed by atoms with Crippen LogP contribution in [0.1, 0.15) is 19.2 Å². The highest BCUT2D eigenvalue weighted by atomic mass is 16.5. The summed E-state index contributed by atoms with van der Waals surface area (Å²) in [6.07, 6.45) is 2.94. The van der Waals surface area contributed by atoms with E-state index < -0.39 is 0 Å². The quantitative estimate of drug-likeness (QED) is 0.859. The van der Waals surface area contributed by atoms with Crippen molar-refractivity contribution in [3.63, 3.8) is 0 Å². The van der Waals surface area contributed by atoms with E-state index in [-0.39, 0.29) is 0 Å². The second-order valence-corrected chi connectivity index (χ2v) is 4.29. The second kappa shape index (κ2) is 6.29. The molecule has 0 bridgehead atoms. The van der Waals surface area contributed by atoms with Crippen LogP contribution in [0.15, 0.2) is 18.3 Å². The summed E-state index contributed by atoms with van der Waals surface area (Å²) in [4.78, 5) is 8.87. The van der Waals surface area contributed by atoms with Crippen LogP contribution in [0.25, 0.3) is 11.4 Å². The molecule has 0 aliphatic heterocycles. The Bertz CT molecular complexity index is 538. The SMILES string of the molecule is CCCNc1cc(-c2ccn(C)n2)nc(COC)n1. The Morgan fingerprint density at radius 1 is 1.32 bits per heavy atom. The van der Waals surface area contributed by atoms with Crippen LogP contribution in [0.2, 0.25) is 0 Å². The molecular formula is C13H19N5O. The van der Waals surface area contributed by atoms with E-state index in [0.717, 1.165) is 30.2 Å². The summed E-state index contributed by atoms with van der Waals surface area (Å²) in [7, 11) is 3.52. The molecule has 19 heavy (non-hydrogen) atoms. The summed E-state index contributed by atoms with van der Waals surface area (Å²) in [5, 5.41) is 7.63. The molecule has 0 fully saturated rings. The highest BCUT2D eigenvalue weighted by Crippen LogP contribution is 2.18. The van der Waals surface area contributed by atoms with E-state index in [0.29, 0.717) is 12.4 Å². The van der Waals surface area contributed by atoms with Gasteiger partial charge in [-0.2, -0.15) is 5.10 Å². The minimum absolute atomic E-state index is 0.390. The predicted octanol–water partition coefficient (Wildman–Crippen LogP) is 1.85. The Morgan fingerprint density at radius 2 is 2.16 bits per heavy atom. The first kappa shape index (κ1) is 13.5. The lowest BCUT2D eigenvalue weighted by Gasteiger charge is -2.08. The fourth-order valence-electron chi connectivity index (χ4n) is 1.72. The Hall–Kier alpha value is -1.95. The van der Waals surface area contributed by atoms with Crippen molar-refractivity contribution < 1.29 is 4.74 Å². The highest BCUT2D eigenvalue weighted by Gasteiger charge is 2.08. The van der Waals surface area contributed by atoms with Crippen LogP contribution in [-0.4, -0.2) is 33.4 Å². The first-order chi connectivity index (χ1) is 9.22. The van der Waals surface area contributed by atoms with E-state index >= 15 is 0 Å². The summed E-state index contributed by atoms with van der Waals surface area (Å²) in [6, 6.07) is 3.85. The fraction of sp³-hybridized carbons (Fsp3) is 0.462. The van der Waals surface area contributed by atoms with Crippen molar-refractivity contribution >= 4 is 5.82 Å². The van der Waals surface area contributed by atoms with E-state index in [2.05, 4.69) is 27.3 Å². The van der Waals surface area contributed by atoms with Gasteiger partial charge in [0.25, 0.3) is 0 Å². The summed E-state index contributed by atoms with van der Waals surface area (Å²) >= 11 is 0. The van der Waals surface area contributed by atoms with E-state index in [1.54, 1.807) is 11.8 Å². The molecule has 2 heterocycles. The minimum Gasteiger partial charge on any atom is -0.377 e. The first-order valence-electron chi connectivity index (χ1n) is 6.33. The maximum atomic E-state index is 5.11. The van der Waals surface area contributed by atoms with Gasteiger partial charge in [-0.1, -0.05) is 6.92 Å². The van der Waals surface area contributed by atoms with Crippen molar-refractivity contribution in [1.29, 1.82) is 0 Å². The van der Waals surface area contributed by atoms with Crippen LogP contribution in [0, 0.1) is 0 Å². The van der Waals surface area contributed by atoms with Gasteiger partial charge in [-0.25, -0.2) is 9.97 Å². The number of aromatic nitrogens is 4. The zero-order valence-electron chi connectivity index (χ0n) is 11.6. The molecule has 0 saturated carbocycles. The number of hydrogen-bond acceptors (Lipinski definition) is 5. The summed E-state index contributed by atoms with van der Waals surface area (Å²) in [6.45, 7) is 3.39.